The van der Waals surface area contributed by atoms with Gasteiger partial charge in [0.1, 0.15) is 5.65 Å². The Balaban J connectivity index is 1.85. The molecule has 0 aliphatic rings. The van der Waals surface area contributed by atoms with Crippen molar-refractivity contribution in [3.8, 4) is 12.3 Å². The first kappa shape index (κ1) is 12.9. The van der Waals surface area contributed by atoms with Gasteiger partial charge in [-0.05, 0) is 30.3 Å². The van der Waals surface area contributed by atoms with Gasteiger partial charge in [0, 0.05) is 23.5 Å². The number of nitrogens with zero attached hydrogens (tertiary/aromatic N) is 2. The van der Waals surface area contributed by atoms with Gasteiger partial charge in [-0.1, -0.05) is 18.1 Å². The molecule has 0 spiro atoms. The maximum Gasteiger partial charge on any atom is 0.258 e. The van der Waals surface area contributed by atoms with Crippen molar-refractivity contribution in [3.05, 3.63) is 76.3 Å². The van der Waals surface area contributed by atoms with Crippen LogP contribution in [0.5, 0.6) is 0 Å². The highest BCUT2D eigenvalue weighted by Gasteiger charge is 2.02. The van der Waals surface area contributed by atoms with Crippen molar-refractivity contribution in [2.75, 3.05) is 5.32 Å². The number of hydrogen-bond acceptors (Lipinski definition) is 3. The van der Waals surface area contributed by atoms with Gasteiger partial charge < -0.3 is 5.32 Å². The number of aromatic nitrogens is 2. The second kappa shape index (κ2) is 5.51. The third-order valence-corrected chi connectivity index (χ3v) is 3.13. The summed E-state index contributed by atoms with van der Waals surface area (Å²) in [5.74, 6) is 2.59. The Morgan fingerprint density at radius 3 is 2.95 bits per heavy atom. The van der Waals surface area contributed by atoms with Crippen molar-refractivity contribution < 1.29 is 0 Å². The molecule has 4 heteroatoms. The van der Waals surface area contributed by atoms with E-state index in [4.69, 9.17) is 6.42 Å². The minimum absolute atomic E-state index is 0.0882. The van der Waals surface area contributed by atoms with E-state index < -0.39 is 0 Å². The normalized spacial score (nSPS) is 10.2. The monoisotopic (exact) mass is 275 g/mol. The van der Waals surface area contributed by atoms with Crippen LogP contribution in [0, 0.1) is 12.3 Å². The molecular weight excluding hydrogens is 262 g/mol. The topological polar surface area (TPSA) is 46.4 Å². The minimum Gasteiger partial charge on any atom is -0.379 e. The number of anilines is 1. The zero-order chi connectivity index (χ0) is 14.7. The predicted molar refractivity (Wildman–Crippen MR) is 83.2 cm³/mol. The Hall–Kier alpha value is -3.06. The first-order valence-electron chi connectivity index (χ1n) is 6.54. The molecule has 0 saturated carbocycles. The van der Waals surface area contributed by atoms with E-state index in [-0.39, 0.29) is 5.56 Å². The lowest BCUT2D eigenvalue weighted by Gasteiger charge is -2.07. The van der Waals surface area contributed by atoms with E-state index in [2.05, 4.69) is 16.2 Å². The van der Waals surface area contributed by atoms with Gasteiger partial charge in [0.15, 0.2) is 0 Å². The Morgan fingerprint density at radius 2 is 2.10 bits per heavy atom. The van der Waals surface area contributed by atoms with Crippen LogP contribution < -0.4 is 10.9 Å². The molecule has 0 amide bonds. The molecule has 4 nitrogen and oxygen atoms in total. The highest BCUT2D eigenvalue weighted by molar-refractivity contribution is 5.50. The molecule has 0 radical (unpaired) electrons. The Morgan fingerprint density at radius 1 is 1.19 bits per heavy atom. The average Bonchev–Trinajstić information content (AvgIpc) is 2.53. The fourth-order valence-corrected chi connectivity index (χ4v) is 2.11. The molecule has 0 aliphatic heterocycles. The van der Waals surface area contributed by atoms with Crippen LogP contribution in [-0.4, -0.2) is 9.38 Å². The average molecular weight is 275 g/mol. The molecule has 21 heavy (non-hydrogen) atoms. The fourth-order valence-electron chi connectivity index (χ4n) is 2.11. The van der Waals surface area contributed by atoms with Crippen LogP contribution in [0.2, 0.25) is 0 Å². The first-order valence-corrected chi connectivity index (χ1v) is 6.54. The molecule has 0 aliphatic carbocycles. The van der Waals surface area contributed by atoms with Gasteiger partial charge in [0.05, 0.1) is 12.2 Å². The van der Waals surface area contributed by atoms with Gasteiger partial charge in [-0.3, -0.25) is 9.20 Å². The van der Waals surface area contributed by atoms with Crippen molar-refractivity contribution in [1.29, 1.82) is 0 Å². The van der Waals surface area contributed by atoms with E-state index in [1.54, 1.807) is 12.3 Å². The molecular formula is C17H13N3O. The maximum atomic E-state index is 12.0. The van der Waals surface area contributed by atoms with Crippen LogP contribution in [0.25, 0.3) is 5.65 Å². The summed E-state index contributed by atoms with van der Waals surface area (Å²) in [5, 5.41) is 3.22. The summed E-state index contributed by atoms with van der Waals surface area (Å²) in [7, 11) is 0. The van der Waals surface area contributed by atoms with Crippen molar-refractivity contribution in [2.24, 2.45) is 0 Å². The molecule has 0 fully saturated rings. The van der Waals surface area contributed by atoms with Crippen LogP contribution in [0.4, 0.5) is 5.69 Å². The summed E-state index contributed by atoms with van der Waals surface area (Å²) < 4.78 is 1.52. The number of hydrogen-bond donors (Lipinski definition) is 1. The summed E-state index contributed by atoms with van der Waals surface area (Å²) in [6.45, 7) is 0.467. The van der Waals surface area contributed by atoms with E-state index in [9.17, 15) is 4.79 Å². The van der Waals surface area contributed by atoms with Gasteiger partial charge in [0.2, 0.25) is 0 Å². The number of pyridine rings is 1. The van der Waals surface area contributed by atoms with Crippen LogP contribution in [0.1, 0.15) is 11.3 Å². The second-order valence-corrected chi connectivity index (χ2v) is 4.59. The molecule has 0 bridgehead atoms. The minimum atomic E-state index is -0.0882. The molecule has 0 unspecified atom stereocenters. The van der Waals surface area contributed by atoms with Gasteiger partial charge in [-0.25, -0.2) is 4.98 Å². The fraction of sp³-hybridized carbons (Fsp3) is 0.0588. The molecule has 102 valence electrons. The van der Waals surface area contributed by atoms with Gasteiger partial charge in [-0.2, -0.15) is 0 Å². The van der Waals surface area contributed by atoms with Crippen molar-refractivity contribution >= 4 is 11.3 Å². The van der Waals surface area contributed by atoms with E-state index in [0.29, 0.717) is 17.9 Å². The van der Waals surface area contributed by atoms with Crippen LogP contribution in [0.15, 0.2) is 59.5 Å². The van der Waals surface area contributed by atoms with Crippen molar-refractivity contribution in [1.82, 2.24) is 9.38 Å². The second-order valence-electron chi connectivity index (χ2n) is 4.59. The van der Waals surface area contributed by atoms with Gasteiger partial charge >= 0.3 is 0 Å². The molecule has 1 aromatic carbocycles. The van der Waals surface area contributed by atoms with Crippen LogP contribution in [0.3, 0.4) is 0 Å². The lowest BCUT2D eigenvalue weighted by atomic mass is 10.2. The predicted octanol–water partition coefficient (Wildman–Crippen LogP) is 2.29. The van der Waals surface area contributed by atoms with E-state index in [1.165, 1.54) is 10.5 Å². The highest BCUT2D eigenvalue weighted by atomic mass is 16.1. The summed E-state index contributed by atoms with van der Waals surface area (Å²) >= 11 is 0. The lowest BCUT2D eigenvalue weighted by molar-refractivity contribution is 0.971. The molecule has 3 aromatic rings. The van der Waals surface area contributed by atoms with E-state index in [1.807, 2.05) is 36.4 Å². The molecule has 0 saturated heterocycles. The van der Waals surface area contributed by atoms with Crippen LogP contribution in [-0.2, 0) is 6.54 Å². The van der Waals surface area contributed by atoms with E-state index in [0.717, 1.165) is 11.3 Å². The first-order chi connectivity index (χ1) is 10.3. The van der Waals surface area contributed by atoms with E-state index >= 15 is 0 Å². The molecule has 2 aromatic heterocycles. The molecule has 1 N–H and O–H groups in total. The number of nitrogens with one attached hydrogen (secondary N) is 1. The largest absolute Gasteiger partial charge is 0.379 e. The third-order valence-electron chi connectivity index (χ3n) is 3.13. The zero-order valence-electron chi connectivity index (χ0n) is 11.3. The Labute approximate surface area is 122 Å². The Bertz CT molecular complexity index is 890. The van der Waals surface area contributed by atoms with Gasteiger partial charge in [-0.15, -0.1) is 6.42 Å². The smallest absolute Gasteiger partial charge is 0.258 e. The molecule has 2 heterocycles. The SMILES string of the molecule is C#Cc1cccc(NCc2cc(=O)n3ccccc3n2)c1. The highest BCUT2D eigenvalue weighted by Crippen LogP contribution is 2.10. The standard InChI is InChI=1S/C17H13N3O/c1-2-13-6-5-7-14(10-13)18-12-15-11-17(21)20-9-4-3-8-16(20)19-15/h1,3-11,18H,12H2. The zero-order valence-corrected chi connectivity index (χ0v) is 11.3. The number of terminal acetylenes is 1. The Kier molecular flexibility index (Phi) is 3.40. The quantitative estimate of drug-likeness (QED) is 0.746. The van der Waals surface area contributed by atoms with Crippen molar-refractivity contribution in [3.63, 3.8) is 0 Å². The maximum absolute atomic E-state index is 12.0. The lowest BCUT2D eigenvalue weighted by Crippen LogP contribution is -2.16. The summed E-state index contributed by atoms with van der Waals surface area (Å²) in [6.07, 6.45) is 7.08. The summed E-state index contributed by atoms with van der Waals surface area (Å²) in [6, 6.07) is 14.6. The number of fused-ring (bicyclic) bond motifs is 1. The third kappa shape index (κ3) is 2.77. The van der Waals surface area contributed by atoms with Gasteiger partial charge in [0.25, 0.3) is 5.56 Å². The number of benzene rings is 1. The van der Waals surface area contributed by atoms with Crippen LogP contribution >= 0.6 is 0 Å². The summed E-state index contributed by atoms with van der Waals surface area (Å²) in [5.41, 5.74) is 2.96. The van der Waals surface area contributed by atoms with Crippen molar-refractivity contribution in [2.45, 2.75) is 6.54 Å². The summed E-state index contributed by atoms with van der Waals surface area (Å²) in [4.78, 5) is 16.4. The molecule has 3 rings (SSSR count). The number of rotatable bonds is 3. The molecule has 0 atom stereocenters.